The van der Waals surface area contributed by atoms with Crippen LogP contribution in [0.2, 0.25) is 0 Å². The molecule has 0 fully saturated rings. The van der Waals surface area contributed by atoms with Gasteiger partial charge in [0.1, 0.15) is 6.17 Å². The molecule has 2 atom stereocenters. The second kappa shape index (κ2) is 12.0. The number of aromatic nitrogens is 1. The highest BCUT2D eigenvalue weighted by molar-refractivity contribution is 6.25. The number of nitrogens with one attached hydrogen (secondary N) is 1. The minimum atomic E-state index is -0.216. The third kappa shape index (κ3) is 5.38. The molecule has 1 N–H and O–H groups in total. The Hall–Kier alpha value is -5.54. The van der Waals surface area contributed by atoms with Gasteiger partial charge in [-0.3, -0.25) is 9.98 Å². The van der Waals surface area contributed by atoms with Gasteiger partial charge in [0.2, 0.25) is 0 Å². The molecule has 1 aliphatic carbocycles. The molecule has 228 valence electrons. The average Bonchev–Trinajstić information content (AvgIpc) is 3.29. The highest BCUT2D eigenvalue weighted by Crippen LogP contribution is 2.38. The van der Waals surface area contributed by atoms with Crippen LogP contribution in [0, 0.1) is 5.92 Å². The third-order valence-electron chi connectivity index (χ3n) is 9.81. The summed E-state index contributed by atoms with van der Waals surface area (Å²) in [7, 11) is 0. The van der Waals surface area contributed by atoms with Crippen LogP contribution < -0.4 is 5.32 Å². The topological polar surface area (TPSA) is 37.3 Å². The highest BCUT2D eigenvalue weighted by Gasteiger charge is 2.25. The van der Waals surface area contributed by atoms with Crippen LogP contribution in [-0.2, 0) is 6.42 Å². The quantitative estimate of drug-likeness (QED) is 0.156. The van der Waals surface area contributed by atoms with Crippen LogP contribution in [0.1, 0.15) is 37.6 Å². The molecule has 2 heterocycles. The van der Waals surface area contributed by atoms with Crippen molar-refractivity contribution in [1.29, 1.82) is 0 Å². The van der Waals surface area contributed by atoms with Crippen LogP contribution in [0.5, 0.6) is 0 Å². The summed E-state index contributed by atoms with van der Waals surface area (Å²) < 4.78 is 0. The van der Waals surface area contributed by atoms with Crippen molar-refractivity contribution in [3.63, 3.8) is 0 Å². The Kier molecular flexibility index (Phi) is 7.38. The first-order valence-corrected chi connectivity index (χ1v) is 16.5. The molecule has 47 heavy (non-hydrogen) atoms. The SMILES string of the molecule is C=C1CC=CC(C2=NC(c3cccc(-c4ccc5c6ccccc6c6ccccc6c5c4)c3)NC(Cc3ccncc3)=C2C)=CC1C. The van der Waals surface area contributed by atoms with Crippen molar-refractivity contribution in [3.05, 3.63) is 174 Å². The van der Waals surface area contributed by atoms with E-state index in [0.717, 1.165) is 29.7 Å². The van der Waals surface area contributed by atoms with E-state index in [1.165, 1.54) is 65.9 Å². The summed E-state index contributed by atoms with van der Waals surface area (Å²) in [4.78, 5) is 9.63. The Morgan fingerprint density at radius 2 is 1.40 bits per heavy atom. The monoisotopic (exact) mass is 607 g/mol. The second-order valence-corrected chi connectivity index (χ2v) is 12.8. The van der Waals surface area contributed by atoms with Crippen molar-refractivity contribution in [3.8, 4) is 11.1 Å². The van der Waals surface area contributed by atoms with E-state index in [-0.39, 0.29) is 12.1 Å². The zero-order chi connectivity index (χ0) is 31.9. The van der Waals surface area contributed by atoms with E-state index < -0.39 is 0 Å². The van der Waals surface area contributed by atoms with Gasteiger partial charge in [-0.05, 0) is 109 Å². The van der Waals surface area contributed by atoms with E-state index in [9.17, 15) is 0 Å². The van der Waals surface area contributed by atoms with E-state index in [2.05, 4.69) is 152 Å². The second-order valence-electron chi connectivity index (χ2n) is 12.8. The fourth-order valence-corrected chi connectivity index (χ4v) is 7.11. The third-order valence-corrected chi connectivity index (χ3v) is 9.81. The molecular weight excluding hydrogens is 571 g/mol. The van der Waals surface area contributed by atoms with Crippen LogP contribution in [0.25, 0.3) is 43.4 Å². The summed E-state index contributed by atoms with van der Waals surface area (Å²) in [5, 5.41) is 11.5. The van der Waals surface area contributed by atoms with Gasteiger partial charge in [-0.2, -0.15) is 0 Å². The first kappa shape index (κ1) is 28.9. The molecular formula is C44H37N3. The first-order valence-electron chi connectivity index (χ1n) is 16.5. The molecule has 1 aliphatic heterocycles. The molecule has 0 amide bonds. The van der Waals surface area contributed by atoms with Gasteiger partial charge in [-0.1, -0.05) is 116 Å². The van der Waals surface area contributed by atoms with Gasteiger partial charge in [0, 0.05) is 24.5 Å². The van der Waals surface area contributed by atoms with Crippen molar-refractivity contribution in [1.82, 2.24) is 10.3 Å². The van der Waals surface area contributed by atoms with Crippen molar-refractivity contribution in [2.75, 3.05) is 0 Å². The lowest BCUT2D eigenvalue weighted by Gasteiger charge is -2.29. The maximum absolute atomic E-state index is 5.40. The molecule has 3 heteroatoms. The number of pyridine rings is 1. The van der Waals surface area contributed by atoms with Gasteiger partial charge >= 0.3 is 0 Å². The van der Waals surface area contributed by atoms with Crippen LogP contribution in [0.3, 0.4) is 0 Å². The van der Waals surface area contributed by atoms with Crippen LogP contribution in [0.4, 0.5) is 0 Å². The predicted molar refractivity (Wildman–Crippen MR) is 198 cm³/mol. The lowest BCUT2D eigenvalue weighted by atomic mass is 9.91. The van der Waals surface area contributed by atoms with Gasteiger partial charge in [0.25, 0.3) is 0 Å². The van der Waals surface area contributed by atoms with Crippen LogP contribution in [-0.4, -0.2) is 10.7 Å². The Balaban J connectivity index is 1.23. The predicted octanol–water partition coefficient (Wildman–Crippen LogP) is 10.8. The van der Waals surface area contributed by atoms with Crippen molar-refractivity contribution in [2.45, 2.75) is 32.9 Å². The summed E-state index contributed by atoms with van der Waals surface area (Å²) in [5.74, 6) is 0.289. The minimum Gasteiger partial charge on any atom is -0.363 e. The van der Waals surface area contributed by atoms with Gasteiger partial charge in [0.15, 0.2) is 0 Å². The number of allylic oxidation sites excluding steroid dienone is 7. The van der Waals surface area contributed by atoms with E-state index in [4.69, 9.17) is 4.99 Å². The lowest BCUT2D eigenvalue weighted by molar-refractivity contribution is 0.601. The molecule has 5 aromatic carbocycles. The molecule has 2 unspecified atom stereocenters. The van der Waals surface area contributed by atoms with E-state index >= 15 is 0 Å². The maximum Gasteiger partial charge on any atom is 0.145 e. The summed E-state index contributed by atoms with van der Waals surface area (Å²) in [6, 6.07) is 37.5. The normalized spacial score (nSPS) is 18.3. The molecule has 8 rings (SSSR count). The van der Waals surface area contributed by atoms with Gasteiger partial charge < -0.3 is 5.32 Å². The van der Waals surface area contributed by atoms with Gasteiger partial charge in [-0.25, -0.2) is 0 Å². The van der Waals surface area contributed by atoms with E-state index in [1.807, 2.05) is 12.4 Å². The number of nitrogens with zero attached hydrogens (tertiary/aromatic N) is 2. The molecule has 0 saturated heterocycles. The molecule has 1 aromatic heterocycles. The number of hydrogen-bond donors (Lipinski definition) is 1. The van der Waals surface area contributed by atoms with Crippen LogP contribution >= 0.6 is 0 Å². The largest absolute Gasteiger partial charge is 0.363 e. The fraction of sp³-hybridized carbons (Fsp3) is 0.136. The molecule has 2 aliphatic rings. The van der Waals surface area contributed by atoms with Crippen molar-refractivity contribution >= 4 is 38.0 Å². The Morgan fingerprint density at radius 1 is 0.745 bits per heavy atom. The number of benzene rings is 5. The molecule has 0 radical (unpaired) electrons. The molecule has 0 bridgehead atoms. The van der Waals surface area contributed by atoms with Crippen LogP contribution in [0.15, 0.2) is 168 Å². The maximum atomic E-state index is 5.40. The Morgan fingerprint density at radius 3 is 2.13 bits per heavy atom. The number of hydrogen-bond acceptors (Lipinski definition) is 3. The number of rotatable bonds is 5. The molecule has 0 saturated carbocycles. The summed E-state index contributed by atoms with van der Waals surface area (Å²) in [6.45, 7) is 8.73. The number of aliphatic imine (C=N–C) groups is 1. The average molecular weight is 608 g/mol. The standard InChI is InChI=1S/C44H37N3/c1-28-10-8-12-34(24-29(28)2)43-30(3)42(25-31-20-22-45-23-21-31)46-44(47-43)35-13-9-11-32(26-35)33-18-19-40-38-16-5-4-14-36(38)37-15-6-7-17-39(37)41(40)27-33/h4-9,11-24,26-27,29,44,46H,1,10,25H2,2-3H3. The number of fused-ring (bicyclic) bond motifs is 6. The first-order chi connectivity index (χ1) is 23.0. The van der Waals surface area contributed by atoms with E-state index in [0.29, 0.717) is 0 Å². The Labute approximate surface area is 276 Å². The van der Waals surface area contributed by atoms with Crippen molar-refractivity contribution < 1.29 is 0 Å². The van der Waals surface area contributed by atoms with Gasteiger partial charge in [-0.15, -0.1) is 0 Å². The zero-order valence-electron chi connectivity index (χ0n) is 26.9. The van der Waals surface area contributed by atoms with Gasteiger partial charge in [0.05, 0.1) is 5.71 Å². The smallest absolute Gasteiger partial charge is 0.145 e. The summed E-state index contributed by atoms with van der Waals surface area (Å²) in [5.41, 5.74) is 10.5. The Bertz CT molecular complexity index is 2280. The van der Waals surface area contributed by atoms with E-state index in [1.54, 1.807) is 0 Å². The molecule has 0 spiro atoms. The summed E-state index contributed by atoms with van der Waals surface area (Å²) >= 11 is 0. The molecule has 3 nitrogen and oxygen atoms in total. The lowest BCUT2D eigenvalue weighted by Crippen LogP contribution is -2.29. The fourth-order valence-electron chi connectivity index (χ4n) is 7.11. The summed E-state index contributed by atoms with van der Waals surface area (Å²) in [6.07, 6.45) is 12.0. The zero-order valence-corrected chi connectivity index (χ0v) is 26.9. The highest BCUT2D eigenvalue weighted by atomic mass is 15.1. The van der Waals surface area contributed by atoms with Crippen molar-refractivity contribution in [2.24, 2.45) is 10.9 Å². The molecule has 6 aromatic rings. The minimum absolute atomic E-state index is 0.216.